The Labute approximate surface area is 123 Å². The molecule has 0 aliphatic heterocycles. The Morgan fingerprint density at radius 3 is 2.85 bits per heavy atom. The molecule has 106 valence electrons. The van der Waals surface area contributed by atoms with Gasteiger partial charge < -0.3 is 5.32 Å². The van der Waals surface area contributed by atoms with Crippen molar-refractivity contribution < 1.29 is 4.39 Å². The fraction of sp³-hybridized carbons (Fsp3) is 0.438. The molecule has 1 N–H and O–H groups in total. The normalized spacial score (nSPS) is 15.9. The summed E-state index contributed by atoms with van der Waals surface area (Å²) in [5.74, 6) is -0.164. The van der Waals surface area contributed by atoms with E-state index in [1.165, 1.54) is 23.4 Å². The molecule has 1 aromatic carbocycles. The summed E-state index contributed by atoms with van der Waals surface area (Å²) in [6.07, 6.45) is 4.66. The third-order valence-corrected chi connectivity index (χ3v) is 5.08. The number of nitrogens with zero attached hydrogens (tertiary/aromatic N) is 1. The van der Waals surface area contributed by atoms with Crippen LogP contribution in [0.25, 0.3) is 0 Å². The van der Waals surface area contributed by atoms with Gasteiger partial charge in [0.15, 0.2) is 0 Å². The predicted molar refractivity (Wildman–Crippen MR) is 80.8 cm³/mol. The molecule has 20 heavy (non-hydrogen) atoms. The SMILES string of the molecule is CNC(c1nc2c(s1)CCCC2)c1cc(C)ccc1F. The molecule has 1 unspecified atom stereocenters. The van der Waals surface area contributed by atoms with Gasteiger partial charge in [-0.15, -0.1) is 11.3 Å². The number of aryl methyl sites for hydroxylation is 3. The average molecular weight is 290 g/mol. The van der Waals surface area contributed by atoms with Gasteiger partial charge in [0.1, 0.15) is 10.8 Å². The molecule has 0 saturated carbocycles. The van der Waals surface area contributed by atoms with E-state index in [9.17, 15) is 4.39 Å². The topological polar surface area (TPSA) is 24.9 Å². The number of halogens is 1. The van der Waals surface area contributed by atoms with E-state index in [0.29, 0.717) is 5.56 Å². The molecule has 3 rings (SSSR count). The van der Waals surface area contributed by atoms with Crippen molar-refractivity contribution in [2.75, 3.05) is 7.05 Å². The summed E-state index contributed by atoms with van der Waals surface area (Å²) in [5, 5.41) is 4.21. The number of aromatic nitrogens is 1. The third kappa shape index (κ3) is 2.50. The average Bonchev–Trinajstić information content (AvgIpc) is 2.87. The molecule has 0 fully saturated rings. The fourth-order valence-electron chi connectivity index (χ4n) is 2.79. The smallest absolute Gasteiger partial charge is 0.128 e. The molecule has 2 aromatic rings. The van der Waals surface area contributed by atoms with Crippen LogP contribution in [0.5, 0.6) is 0 Å². The monoisotopic (exact) mass is 290 g/mol. The summed E-state index contributed by atoms with van der Waals surface area (Å²) < 4.78 is 14.1. The second kappa shape index (κ2) is 5.62. The van der Waals surface area contributed by atoms with Crippen LogP contribution in [0.4, 0.5) is 4.39 Å². The summed E-state index contributed by atoms with van der Waals surface area (Å²) in [5.41, 5.74) is 2.99. The van der Waals surface area contributed by atoms with E-state index in [-0.39, 0.29) is 11.9 Å². The summed E-state index contributed by atoms with van der Waals surface area (Å²) in [7, 11) is 1.87. The highest BCUT2D eigenvalue weighted by molar-refractivity contribution is 7.11. The van der Waals surface area contributed by atoms with E-state index in [1.54, 1.807) is 23.5 Å². The number of nitrogens with one attached hydrogen (secondary N) is 1. The van der Waals surface area contributed by atoms with Crippen molar-refractivity contribution in [3.8, 4) is 0 Å². The number of benzene rings is 1. The third-order valence-electron chi connectivity index (χ3n) is 3.86. The van der Waals surface area contributed by atoms with Gasteiger partial charge in [0.05, 0.1) is 11.7 Å². The molecule has 0 spiro atoms. The van der Waals surface area contributed by atoms with Crippen molar-refractivity contribution >= 4 is 11.3 Å². The van der Waals surface area contributed by atoms with Crippen LogP contribution in [0.1, 0.15) is 45.6 Å². The zero-order valence-corrected chi connectivity index (χ0v) is 12.7. The molecule has 0 amide bonds. The van der Waals surface area contributed by atoms with Gasteiger partial charge in [0.25, 0.3) is 0 Å². The van der Waals surface area contributed by atoms with Crippen molar-refractivity contribution in [3.63, 3.8) is 0 Å². The van der Waals surface area contributed by atoms with E-state index >= 15 is 0 Å². The minimum absolute atomic E-state index is 0.148. The molecular formula is C16H19FN2S. The Balaban J connectivity index is 2.01. The van der Waals surface area contributed by atoms with Crippen molar-refractivity contribution in [1.29, 1.82) is 0 Å². The summed E-state index contributed by atoms with van der Waals surface area (Å²) in [4.78, 5) is 6.15. The molecule has 4 heteroatoms. The lowest BCUT2D eigenvalue weighted by Crippen LogP contribution is -2.19. The number of hydrogen-bond donors (Lipinski definition) is 1. The van der Waals surface area contributed by atoms with Gasteiger partial charge in [-0.1, -0.05) is 17.7 Å². The Morgan fingerprint density at radius 1 is 1.30 bits per heavy atom. The number of hydrogen-bond acceptors (Lipinski definition) is 3. The summed E-state index contributed by atoms with van der Waals surface area (Å²) in [6, 6.07) is 5.11. The zero-order valence-electron chi connectivity index (χ0n) is 11.9. The van der Waals surface area contributed by atoms with Gasteiger partial charge in [-0.3, -0.25) is 0 Å². The van der Waals surface area contributed by atoms with Gasteiger partial charge in [-0.05, 0) is 45.7 Å². The lowest BCUT2D eigenvalue weighted by molar-refractivity contribution is 0.573. The second-order valence-electron chi connectivity index (χ2n) is 5.38. The molecule has 1 aliphatic rings. The van der Waals surface area contributed by atoms with Gasteiger partial charge in [0, 0.05) is 10.4 Å². The van der Waals surface area contributed by atoms with E-state index in [1.807, 2.05) is 20.0 Å². The Hall–Kier alpha value is -1.26. The maximum Gasteiger partial charge on any atom is 0.128 e. The van der Waals surface area contributed by atoms with E-state index in [0.717, 1.165) is 23.4 Å². The first-order valence-corrected chi connectivity index (χ1v) is 7.92. The van der Waals surface area contributed by atoms with Gasteiger partial charge >= 0.3 is 0 Å². The van der Waals surface area contributed by atoms with Crippen LogP contribution >= 0.6 is 11.3 Å². The largest absolute Gasteiger partial charge is 0.307 e. The van der Waals surface area contributed by atoms with Crippen LogP contribution in [-0.2, 0) is 12.8 Å². The molecule has 1 aliphatic carbocycles. The lowest BCUT2D eigenvalue weighted by atomic mass is 10.0. The highest BCUT2D eigenvalue weighted by Crippen LogP contribution is 2.33. The molecule has 1 atom stereocenters. The summed E-state index contributed by atoms with van der Waals surface area (Å²) in [6.45, 7) is 1.99. The van der Waals surface area contributed by atoms with Crippen molar-refractivity contribution in [2.45, 2.75) is 38.6 Å². The molecule has 1 heterocycles. The minimum Gasteiger partial charge on any atom is -0.307 e. The van der Waals surface area contributed by atoms with Crippen LogP contribution in [0.15, 0.2) is 18.2 Å². The van der Waals surface area contributed by atoms with Crippen LogP contribution in [0, 0.1) is 12.7 Å². The van der Waals surface area contributed by atoms with E-state index in [4.69, 9.17) is 4.98 Å². The molecular weight excluding hydrogens is 271 g/mol. The molecule has 0 bridgehead atoms. The first kappa shape index (κ1) is 13.7. The van der Waals surface area contributed by atoms with Gasteiger partial charge in [0.2, 0.25) is 0 Å². The Morgan fingerprint density at radius 2 is 2.10 bits per heavy atom. The quantitative estimate of drug-likeness (QED) is 0.930. The first-order valence-electron chi connectivity index (χ1n) is 7.11. The van der Waals surface area contributed by atoms with Crippen molar-refractivity contribution in [3.05, 3.63) is 50.7 Å². The summed E-state index contributed by atoms with van der Waals surface area (Å²) >= 11 is 1.74. The number of fused-ring (bicyclic) bond motifs is 1. The van der Waals surface area contributed by atoms with Gasteiger partial charge in [-0.25, -0.2) is 9.37 Å². The molecule has 0 radical (unpaired) electrons. The Kier molecular flexibility index (Phi) is 3.85. The number of rotatable bonds is 3. The van der Waals surface area contributed by atoms with Crippen LogP contribution in [-0.4, -0.2) is 12.0 Å². The highest BCUT2D eigenvalue weighted by Gasteiger charge is 2.23. The zero-order chi connectivity index (χ0) is 14.1. The molecule has 2 nitrogen and oxygen atoms in total. The first-order chi connectivity index (χ1) is 9.69. The fourth-order valence-corrected chi connectivity index (χ4v) is 4.07. The maximum absolute atomic E-state index is 14.1. The van der Waals surface area contributed by atoms with Crippen LogP contribution in [0.2, 0.25) is 0 Å². The molecule has 1 aromatic heterocycles. The number of thiazole rings is 1. The van der Waals surface area contributed by atoms with E-state index in [2.05, 4.69) is 5.32 Å². The maximum atomic E-state index is 14.1. The van der Waals surface area contributed by atoms with Crippen LogP contribution in [0.3, 0.4) is 0 Å². The van der Waals surface area contributed by atoms with Crippen LogP contribution < -0.4 is 5.32 Å². The highest BCUT2D eigenvalue weighted by atomic mass is 32.1. The lowest BCUT2D eigenvalue weighted by Gasteiger charge is -2.15. The minimum atomic E-state index is -0.164. The van der Waals surface area contributed by atoms with Crippen molar-refractivity contribution in [1.82, 2.24) is 10.3 Å². The predicted octanol–water partition coefficient (Wildman–Crippen LogP) is 3.78. The van der Waals surface area contributed by atoms with E-state index < -0.39 is 0 Å². The Bertz CT molecular complexity index is 597. The molecule has 0 saturated heterocycles. The van der Waals surface area contributed by atoms with Gasteiger partial charge in [-0.2, -0.15) is 0 Å². The second-order valence-corrected chi connectivity index (χ2v) is 6.49. The van der Waals surface area contributed by atoms with Crippen molar-refractivity contribution in [2.24, 2.45) is 0 Å². The standard InChI is InChI=1S/C16H19FN2S/c1-10-7-8-12(17)11(9-10)15(18-2)16-19-13-5-3-4-6-14(13)20-16/h7-9,15,18H,3-6H2,1-2H3.